The fraction of sp³-hybridized carbons (Fsp3) is 0.519. The second-order valence-corrected chi connectivity index (χ2v) is 10.2. The topological polar surface area (TPSA) is 35.5 Å². The van der Waals surface area contributed by atoms with E-state index in [9.17, 15) is 9.18 Å². The van der Waals surface area contributed by atoms with Gasteiger partial charge in [-0.2, -0.15) is 0 Å². The molecule has 4 fully saturated rings. The van der Waals surface area contributed by atoms with E-state index in [0.29, 0.717) is 11.3 Å². The third-order valence-corrected chi connectivity index (χ3v) is 8.29. The van der Waals surface area contributed by atoms with E-state index in [1.54, 1.807) is 24.3 Å². The van der Waals surface area contributed by atoms with Gasteiger partial charge in [-0.05, 0) is 100.0 Å². The third kappa shape index (κ3) is 3.64. The van der Waals surface area contributed by atoms with Crippen LogP contribution in [0.1, 0.15) is 69.2 Å². The summed E-state index contributed by atoms with van der Waals surface area (Å²) in [5.41, 5.74) is -0.0563. The number of carbonyl (C=O) groups is 1. The minimum atomic E-state index is -0.510. The second kappa shape index (κ2) is 7.65. The fourth-order valence-corrected chi connectivity index (χ4v) is 6.92. The molecular weight excluding hydrogens is 391 g/mol. The molecule has 0 saturated heterocycles. The minimum Gasteiger partial charge on any atom is -0.484 e. The first-order chi connectivity index (χ1) is 14.9. The quantitative estimate of drug-likeness (QED) is 0.379. The number of carbonyl (C=O) groups excluding carboxylic acids is 1. The molecule has 0 heterocycles. The molecule has 0 amide bonds. The zero-order valence-corrected chi connectivity index (χ0v) is 18.4. The lowest BCUT2D eigenvalue weighted by molar-refractivity contribution is -0.160. The predicted octanol–water partition coefficient (Wildman–Crippen LogP) is 6.81. The average Bonchev–Trinajstić information content (AvgIpc) is 2.75. The van der Waals surface area contributed by atoms with Gasteiger partial charge in [0.15, 0.2) is 11.6 Å². The summed E-state index contributed by atoms with van der Waals surface area (Å²) in [5.74, 6) is 2.05. The number of hydrogen-bond donors (Lipinski definition) is 0. The van der Waals surface area contributed by atoms with E-state index in [1.807, 2.05) is 6.07 Å². The summed E-state index contributed by atoms with van der Waals surface area (Å²) in [6, 6.07) is 13.2. The summed E-state index contributed by atoms with van der Waals surface area (Å²) in [6.45, 7) is 4.30. The standard InChI is InChI=1S/C27H31FO3/c1-3-26(2,27-15-18-11-19(16-27)13-20(12-18)17-27)31-24-14-21(9-10-23(24)28)25(29)30-22-7-5-4-6-8-22/h4-10,14,18-20H,3,11-13,15-17H2,1-2H3. The molecule has 4 aliphatic rings. The van der Waals surface area contributed by atoms with Crippen molar-refractivity contribution in [3.8, 4) is 11.5 Å². The number of hydrogen-bond acceptors (Lipinski definition) is 3. The number of para-hydroxylation sites is 1. The Labute approximate surface area is 183 Å². The van der Waals surface area contributed by atoms with Gasteiger partial charge in [0, 0.05) is 5.41 Å². The van der Waals surface area contributed by atoms with Crippen molar-refractivity contribution in [3.05, 3.63) is 59.9 Å². The van der Waals surface area contributed by atoms with E-state index in [0.717, 1.165) is 24.2 Å². The normalized spacial score (nSPS) is 30.6. The lowest BCUT2D eigenvalue weighted by Crippen LogP contribution is -2.59. The Balaban J connectivity index is 1.41. The zero-order valence-electron chi connectivity index (χ0n) is 18.4. The van der Waals surface area contributed by atoms with Crippen LogP contribution in [0.5, 0.6) is 11.5 Å². The Morgan fingerprint density at radius 2 is 1.65 bits per heavy atom. The van der Waals surface area contributed by atoms with Crippen molar-refractivity contribution >= 4 is 5.97 Å². The van der Waals surface area contributed by atoms with Crippen molar-refractivity contribution in [1.29, 1.82) is 0 Å². The van der Waals surface area contributed by atoms with Crippen LogP contribution >= 0.6 is 0 Å². The van der Waals surface area contributed by atoms with Gasteiger partial charge in [-0.1, -0.05) is 25.1 Å². The van der Waals surface area contributed by atoms with Gasteiger partial charge in [0.2, 0.25) is 0 Å². The highest BCUT2D eigenvalue weighted by Gasteiger charge is 2.59. The SMILES string of the molecule is CCC(C)(Oc1cc(C(=O)Oc2ccccc2)ccc1F)C12CC3CC(CC(C3)C1)C2. The lowest BCUT2D eigenvalue weighted by atomic mass is 9.45. The van der Waals surface area contributed by atoms with Gasteiger partial charge in [-0.25, -0.2) is 9.18 Å². The maximum absolute atomic E-state index is 14.8. The van der Waals surface area contributed by atoms with Crippen LogP contribution < -0.4 is 9.47 Å². The van der Waals surface area contributed by atoms with Gasteiger partial charge in [0.25, 0.3) is 0 Å². The molecule has 31 heavy (non-hydrogen) atoms. The smallest absolute Gasteiger partial charge is 0.343 e. The molecular formula is C27H31FO3. The van der Waals surface area contributed by atoms with Gasteiger partial charge in [0.05, 0.1) is 5.56 Å². The highest BCUT2D eigenvalue weighted by atomic mass is 19.1. The molecule has 3 nitrogen and oxygen atoms in total. The molecule has 4 heteroatoms. The van der Waals surface area contributed by atoms with Gasteiger partial charge in [-0.3, -0.25) is 0 Å². The molecule has 0 N–H and O–H groups in total. The summed E-state index contributed by atoms with van der Waals surface area (Å²) < 4.78 is 26.8. The maximum atomic E-state index is 14.8. The molecule has 6 rings (SSSR count). The van der Waals surface area contributed by atoms with Crippen LogP contribution in [0.4, 0.5) is 4.39 Å². The Kier molecular flexibility index (Phi) is 5.07. The fourth-order valence-electron chi connectivity index (χ4n) is 6.92. The molecule has 4 bridgehead atoms. The van der Waals surface area contributed by atoms with Crippen LogP contribution in [-0.2, 0) is 0 Å². The van der Waals surface area contributed by atoms with E-state index < -0.39 is 17.4 Å². The van der Waals surface area contributed by atoms with Crippen molar-refractivity contribution in [2.45, 2.75) is 64.4 Å². The van der Waals surface area contributed by atoms with E-state index in [-0.39, 0.29) is 11.2 Å². The summed E-state index contributed by atoms with van der Waals surface area (Å²) in [4.78, 5) is 12.6. The van der Waals surface area contributed by atoms with Crippen molar-refractivity contribution in [2.75, 3.05) is 0 Å². The molecule has 2 aromatic rings. The first-order valence-corrected chi connectivity index (χ1v) is 11.7. The van der Waals surface area contributed by atoms with Crippen LogP contribution in [0.25, 0.3) is 0 Å². The molecule has 0 aromatic heterocycles. The van der Waals surface area contributed by atoms with Gasteiger partial charge >= 0.3 is 5.97 Å². The molecule has 1 unspecified atom stereocenters. The first kappa shape index (κ1) is 20.5. The van der Waals surface area contributed by atoms with Gasteiger partial charge in [0.1, 0.15) is 11.4 Å². The largest absolute Gasteiger partial charge is 0.484 e. The monoisotopic (exact) mass is 422 g/mol. The Morgan fingerprint density at radius 3 is 2.23 bits per heavy atom. The molecule has 1 atom stereocenters. The van der Waals surface area contributed by atoms with Crippen LogP contribution in [0.3, 0.4) is 0 Å². The molecule has 4 saturated carbocycles. The lowest BCUT2D eigenvalue weighted by Gasteiger charge is -2.62. The maximum Gasteiger partial charge on any atom is 0.343 e. The summed E-state index contributed by atoms with van der Waals surface area (Å²) in [6.07, 6.45) is 8.43. The molecule has 164 valence electrons. The van der Waals surface area contributed by atoms with E-state index in [4.69, 9.17) is 9.47 Å². The number of halogens is 1. The first-order valence-electron chi connectivity index (χ1n) is 11.7. The van der Waals surface area contributed by atoms with E-state index >= 15 is 0 Å². The summed E-state index contributed by atoms with van der Waals surface area (Å²) in [7, 11) is 0. The molecule has 2 aromatic carbocycles. The highest BCUT2D eigenvalue weighted by molar-refractivity contribution is 5.91. The van der Waals surface area contributed by atoms with Crippen LogP contribution in [0, 0.1) is 29.0 Å². The second-order valence-electron chi connectivity index (χ2n) is 10.2. The molecule has 0 spiro atoms. The van der Waals surface area contributed by atoms with Crippen molar-refractivity contribution < 1.29 is 18.7 Å². The van der Waals surface area contributed by atoms with Gasteiger partial charge < -0.3 is 9.47 Å². The number of rotatable bonds is 6. The Morgan fingerprint density at radius 1 is 1.03 bits per heavy atom. The highest BCUT2D eigenvalue weighted by Crippen LogP contribution is 2.64. The molecule has 4 aliphatic carbocycles. The van der Waals surface area contributed by atoms with Crippen LogP contribution in [0.2, 0.25) is 0 Å². The van der Waals surface area contributed by atoms with Crippen molar-refractivity contribution in [1.82, 2.24) is 0 Å². The van der Waals surface area contributed by atoms with E-state index in [2.05, 4.69) is 13.8 Å². The number of ether oxygens (including phenoxy) is 2. The summed E-state index contributed by atoms with van der Waals surface area (Å²) >= 11 is 0. The minimum absolute atomic E-state index is 0.101. The zero-order chi connectivity index (χ0) is 21.6. The van der Waals surface area contributed by atoms with Gasteiger partial charge in [-0.15, -0.1) is 0 Å². The van der Waals surface area contributed by atoms with Crippen molar-refractivity contribution in [3.63, 3.8) is 0 Å². The molecule has 0 radical (unpaired) electrons. The van der Waals surface area contributed by atoms with Crippen LogP contribution in [0.15, 0.2) is 48.5 Å². The number of benzene rings is 2. The Hall–Kier alpha value is -2.36. The molecule has 0 aliphatic heterocycles. The number of esters is 1. The predicted molar refractivity (Wildman–Crippen MR) is 118 cm³/mol. The summed E-state index contributed by atoms with van der Waals surface area (Å²) in [5, 5.41) is 0. The van der Waals surface area contributed by atoms with Crippen LogP contribution in [-0.4, -0.2) is 11.6 Å². The average molecular weight is 423 g/mol. The van der Waals surface area contributed by atoms with Crippen molar-refractivity contribution in [2.24, 2.45) is 23.2 Å². The Bertz CT molecular complexity index is 934. The van der Waals surface area contributed by atoms with E-state index in [1.165, 1.54) is 56.7 Å². The third-order valence-electron chi connectivity index (χ3n) is 8.29.